The first kappa shape index (κ1) is 33.8. The van der Waals surface area contributed by atoms with E-state index < -0.39 is 73.3 Å². The Balaban J connectivity index is 1.84. The molecule has 1 amide bonds. The highest BCUT2D eigenvalue weighted by atomic mass is 16.7. The van der Waals surface area contributed by atoms with E-state index >= 15 is 0 Å². The van der Waals surface area contributed by atoms with Crippen molar-refractivity contribution in [1.29, 1.82) is 0 Å². The molecule has 4 atom stereocenters. The van der Waals surface area contributed by atoms with Crippen LogP contribution in [-0.4, -0.2) is 87.2 Å². The number of esters is 4. The summed E-state index contributed by atoms with van der Waals surface area (Å²) in [6.45, 7) is 3.28. The monoisotopic (exact) mass is 616 g/mol. The van der Waals surface area contributed by atoms with Gasteiger partial charge in [0.05, 0.1) is 13.0 Å². The summed E-state index contributed by atoms with van der Waals surface area (Å²) in [7, 11) is 2.64. The summed E-state index contributed by atoms with van der Waals surface area (Å²) < 4.78 is 37.0. The minimum atomic E-state index is -1.47. The molecule has 44 heavy (non-hydrogen) atoms. The predicted octanol–water partition coefficient (Wildman–Crippen LogP) is 1.63. The van der Waals surface area contributed by atoms with Gasteiger partial charge in [0, 0.05) is 19.4 Å². The lowest BCUT2D eigenvalue weighted by Gasteiger charge is -2.29. The van der Waals surface area contributed by atoms with Gasteiger partial charge in [-0.05, 0) is 18.9 Å². The van der Waals surface area contributed by atoms with Crippen molar-refractivity contribution in [2.45, 2.75) is 45.4 Å². The third kappa shape index (κ3) is 9.14. The highest BCUT2D eigenvalue weighted by molar-refractivity contribution is 5.98. The van der Waals surface area contributed by atoms with Gasteiger partial charge in [0.2, 0.25) is 6.79 Å². The van der Waals surface area contributed by atoms with Gasteiger partial charge in [0.1, 0.15) is 25.2 Å². The zero-order chi connectivity index (χ0) is 32.2. The molecule has 1 fully saturated rings. The quantitative estimate of drug-likeness (QED) is 0.207. The van der Waals surface area contributed by atoms with Crippen LogP contribution in [-0.2, 0) is 49.3 Å². The highest BCUT2D eigenvalue weighted by Gasteiger charge is 2.42. The summed E-state index contributed by atoms with van der Waals surface area (Å²) in [6, 6.07) is 8.97. The number of cyclic esters (lactones) is 2. The molecule has 14 heteroatoms. The number of hydrogen-bond acceptors (Lipinski definition) is 13. The van der Waals surface area contributed by atoms with Crippen LogP contribution in [0.3, 0.4) is 0 Å². The number of nitrogens with one attached hydrogen (secondary N) is 1. The summed E-state index contributed by atoms with van der Waals surface area (Å²) in [6.07, 6.45) is -0.850. The smallest absolute Gasteiger partial charge is 0.334 e. The molecule has 1 aromatic heterocycles. The fourth-order valence-electron chi connectivity index (χ4n) is 4.18. The van der Waals surface area contributed by atoms with Crippen molar-refractivity contribution in [3.05, 3.63) is 53.9 Å². The summed E-state index contributed by atoms with van der Waals surface area (Å²) in [5, 5.41) is 2.45. The van der Waals surface area contributed by atoms with Crippen molar-refractivity contribution in [2.75, 3.05) is 34.2 Å². The number of carbonyl (C=O) groups is 5. The lowest BCUT2D eigenvalue weighted by molar-refractivity contribution is -0.176. The summed E-state index contributed by atoms with van der Waals surface area (Å²) >= 11 is 0. The Bertz CT molecular complexity index is 1320. The molecule has 0 spiro atoms. The van der Waals surface area contributed by atoms with Crippen LogP contribution in [0.25, 0.3) is 0 Å². The number of carbonyl (C=O) groups excluding carboxylic acids is 5. The van der Waals surface area contributed by atoms with E-state index in [1.165, 1.54) is 33.4 Å². The molecular weight excluding hydrogens is 580 g/mol. The maximum atomic E-state index is 13.4. The van der Waals surface area contributed by atoms with E-state index in [-0.39, 0.29) is 30.2 Å². The standard InChI is InChI=1S/C30H36N2O12/c1-17(2)28(35)44-25-18(3)43-30(37)21(14-40-29(36)20(25)13-19-9-7-6-8-10-19)32-27(34)24-26(22(39-5)11-12-31-24)42-16-41-23(33)15-38-4/h6-12,17-18,20-21,25H,13-16H2,1-5H3,(H,32,34). The average molecular weight is 617 g/mol. The van der Waals surface area contributed by atoms with E-state index in [1.54, 1.807) is 38.1 Å². The number of nitrogens with zero attached hydrogens (tertiary/aromatic N) is 1. The van der Waals surface area contributed by atoms with E-state index in [0.717, 1.165) is 5.56 Å². The first-order valence-electron chi connectivity index (χ1n) is 13.8. The van der Waals surface area contributed by atoms with Crippen molar-refractivity contribution < 1.29 is 57.1 Å². The van der Waals surface area contributed by atoms with Gasteiger partial charge in [-0.3, -0.25) is 14.4 Å². The van der Waals surface area contributed by atoms with Gasteiger partial charge in [-0.25, -0.2) is 14.6 Å². The normalized spacial score (nSPS) is 20.2. The van der Waals surface area contributed by atoms with Crippen LogP contribution < -0.4 is 14.8 Å². The van der Waals surface area contributed by atoms with Crippen LogP contribution in [0.1, 0.15) is 36.8 Å². The van der Waals surface area contributed by atoms with E-state index in [2.05, 4.69) is 15.0 Å². The molecule has 238 valence electrons. The second kappa shape index (κ2) is 16.2. The number of methoxy groups -OCH3 is 2. The Morgan fingerprint density at radius 2 is 1.80 bits per heavy atom. The minimum Gasteiger partial charge on any atom is -0.493 e. The van der Waals surface area contributed by atoms with E-state index in [4.69, 9.17) is 28.4 Å². The fraction of sp³-hybridized carbons (Fsp3) is 0.467. The van der Waals surface area contributed by atoms with Gasteiger partial charge in [-0.1, -0.05) is 44.2 Å². The molecule has 1 aromatic carbocycles. The SMILES string of the molecule is COCC(=O)OCOc1c(OC)ccnc1C(=O)NC1COC(=O)C(Cc2ccccc2)C(OC(=O)C(C)C)C(C)OC1=O. The van der Waals surface area contributed by atoms with Crippen LogP contribution in [0, 0.1) is 11.8 Å². The van der Waals surface area contributed by atoms with Crippen LogP contribution in [0.5, 0.6) is 11.5 Å². The zero-order valence-corrected chi connectivity index (χ0v) is 25.1. The Kier molecular flexibility index (Phi) is 12.4. The van der Waals surface area contributed by atoms with E-state index in [0.29, 0.717) is 0 Å². The van der Waals surface area contributed by atoms with Crippen LogP contribution >= 0.6 is 0 Å². The number of aromatic nitrogens is 1. The van der Waals surface area contributed by atoms with Gasteiger partial charge in [-0.2, -0.15) is 0 Å². The predicted molar refractivity (Wildman–Crippen MR) is 150 cm³/mol. The molecule has 1 aliphatic rings. The second-order valence-corrected chi connectivity index (χ2v) is 10.1. The van der Waals surface area contributed by atoms with Crippen LogP contribution in [0.2, 0.25) is 0 Å². The molecule has 0 bridgehead atoms. The number of pyridine rings is 1. The lowest BCUT2D eigenvalue weighted by atomic mass is 9.91. The van der Waals surface area contributed by atoms with E-state index in [1.807, 2.05) is 6.07 Å². The molecule has 3 rings (SSSR count). The number of benzene rings is 1. The van der Waals surface area contributed by atoms with Gasteiger partial charge in [0.25, 0.3) is 5.91 Å². The molecule has 14 nitrogen and oxygen atoms in total. The maximum absolute atomic E-state index is 13.4. The molecule has 0 radical (unpaired) electrons. The molecule has 0 aliphatic carbocycles. The van der Waals surface area contributed by atoms with Gasteiger partial charge < -0.3 is 38.5 Å². The van der Waals surface area contributed by atoms with Gasteiger partial charge in [-0.15, -0.1) is 0 Å². The summed E-state index contributed by atoms with van der Waals surface area (Å²) in [4.78, 5) is 68.2. The lowest BCUT2D eigenvalue weighted by Crippen LogP contribution is -2.47. The summed E-state index contributed by atoms with van der Waals surface area (Å²) in [5.41, 5.74) is 0.456. The Labute approximate surface area is 254 Å². The van der Waals surface area contributed by atoms with Gasteiger partial charge >= 0.3 is 23.9 Å². The van der Waals surface area contributed by atoms with Crippen molar-refractivity contribution >= 4 is 29.8 Å². The van der Waals surface area contributed by atoms with Crippen molar-refractivity contribution in [3.8, 4) is 11.5 Å². The molecule has 2 heterocycles. The zero-order valence-electron chi connectivity index (χ0n) is 25.1. The van der Waals surface area contributed by atoms with Crippen LogP contribution in [0.4, 0.5) is 0 Å². The van der Waals surface area contributed by atoms with Crippen LogP contribution in [0.15, 0.2) is 42.6 Å². The minimum absolute atomic E-state index is 0.0867. The van der Waals surface area contributed by atoms with Crippen molar-refractivity contribution in [1.82, 2.24) is 10.3 Å². The maximum Gasteiger partial charge on any atom is 0.334 e. The highest BCUT2D eigenvalue weighted by Crippen LogP contribution is 2.30. The Hall–Kier alpha value is -4.72. The molecular formula is C30H36N2O12. The number of amides is 1. The molecule has 1 saturated heterocycles. The topological polar surface area (TPSA) is 175 Å². The first-order chi connectivity index (χ1) is 21.0. The largest absolute Gasteiger partial charge is 0.493 e. The average Bonchev–Trinajstić information content (AvgIpc) is 3.03. The third-order valence-electron chi connectivity index (χ3n) is 6.46. The number of hydrogen-bond donors (Lipinski definition) is 1. The molecule has 1 N–H and O–H groups in total. The third-order valence-corrected chi connectivity index (χ3v) is 6.46. The number of rotatable bonds is 12. The van der Waals surface area contributed by atoms with Crippen molar-refractivity contribution in [3.63, 3.8) is 0 Å². The Morgan fingerprint density at radius 3 is 2.45 bits per heavy atom. The number of ether oxygens (including phenoxy) is 7. The first-order valence-corrected chi connectivity index (χ1v) is 13.8. The van der Waals surface area contributed by atoms with Crippen molar-refractivity contribution in [2.24, 2.45) is 11.8 Å². The Morgan fingerprint density at radius 1 is 1.07 bits per heavy atom. The fourth-order valence-corrected chi connectivity index (χ4v) is 4.18. The molecule has 2 aromatic rings. The molecule has 0 saturated carbocycles. The second-order valence-electron chi connectivity index (χ2n) is 10.1. The summed E-state index contributed by atoms with van der Waals surface area (Å²) in [5.74, 6) is -5.52. The van der Waals surface area contributed by atoms with Gasteiger partial charge in [0.15, 0.2) is 29.3 Å². The van der Waals surface area contributed by atoms with E-state index in [9.17, 15) is 24.0 Å². The molecule has 1 aliphatic heterocycles. The molecule has 4 unspecified atom stereocenters.